The van der Waals surface area contributed by atoms with Gasteiger partial charge in [0.15, 0.2) is 5.78 Å². The van der Waals surface area contributed by atoms with Crippen molar-refractivity contribution in [2.24, 2.45) is 0 Å². The lowest BCUT2D eigenvalue weighted by Crippen LogP contribution is -2.08. The Morgan fingerprint density at radius 2 is 1.95 bits per heavy atom. The van der Waals surface area contributed by atoms with Crippen LogP contribution in [0.4, 0.5) is 5.00 Å². The molecular formula is C13H17N3OS2. The molecule has 0 amide bonds. The van der Waals surface area contributed by atoms with Gasteiger partial charge in [-0.3, -0.25) is 4.79 Å². The Morgan fingerprint density at radius 1 is 1.26 bits per heavy atom. The summed E-state index contributed by atoms with van der Waals surface area (Å²) in [6.45, 7) is 9.55. The van der Waals surface area contributed by atoms with Crippen LogP contribution in [0.15, 0.2) is 0 Å². The molecule has 19 heavy (non-hydrogen) atoms. The van der Waals surface area contributed by atoms with E-state index in [9.17, 15) is 4.79 Å². The van der Waals surface area contributed by atoms with Gasteiger partial charge >= 0.3 is 0 Å². The topological polar surface area (TPSA) is 54.9 Å². The molecule has 0 saturated heterocycles. The summed E-state index contributed by atoms with van der Waals surface area (Å²) in [5.41, 5.74) is 2.55. The second-order valence-electron chi connectivity index (χ2n) is 4.58. The minimum absolute atomic E-state index is 0.0538. The molecule has 1 N–H and O–H groups in total. The summed E-state index contributed by atoms with van der Waals surface area (Å²) >= 11 is 3.03. The molecule has 2 aromatic heterocycles. The van der Waals surface area contributed by atoms with E-state index in [1.54, 1.807) is 18.3 Å². The van der Waals surface area contributed by atoms with Crippen LogP contribution in [-0.2, 0) is 0 Å². The van der Waals surface area contributed by atoms with Gasteiger partial charge < -0.3 is 5.32 Å². The molecule has 2 rings (SSSR count). The molecule has 0 bridgehead atoms. The molecular weight excluding hydrogens is 278 g/mol. The van der Waals surface area contributed by atoms with Crippen LogP contribution in [0.1, 0.15) is 51.5 Å². The number of rotatable bonds is 4. The van der Waals surface area contributed by atoms with E-state index in [2.05, 4.69) is 21.6 Å². The van der Waals surface area contributed by atoms with Gasteiger partial charge in [0.1, 0.15) is 5.00 Å². The number of thiazole rings is 1. The summed E-state index contributed by atoms with van der Waals surface area (Å²) in [5, 5.41) is 5.30. The average Bonchev–Trinajstić information content (AvgIpc) is 2.82. The van der Waals surface area contributed by atoms with Crippen LogP contribution in [0.3, 0.4) is 0 Å². The van der Waals surface area contributed by atoms with E-state index in [4.69, 9.17) is 0 Å². The number of aryl methyl sites for hydroxylation is 3. The van der Waals surface area contributed by atoms with Crippen molar-refractivity contribution in [3.63, 3.8) is 0 Å². The third-order valence-electron chi connectivity index (χ3n) is 2.90. The van der Waals surface area contributed by atoms with Gasteiger partial charge in [-0.25, -0.2) is 4.98 Å². The minimum Gasteiger partial charge on any atom is -0.368 e. The molecule has 0 aliphatic carbocycles. The highest BCUT2D eigenvalue weighted by Crippen LogP contribution is 2.32. The summed E-state index contributed by atoms with van der Waals surface area (Å²) in [6, 6.07) is 0.129. The molecule has 0 fully saturated rings. The van der Waals surface area contributed by atoms with Crippen molar-refractivity contribution in [2.75, 3.05) is 5.32 Å². The number of carbonyl (C=O) groups is 1. The number of anilines is 1. The normalized spacial score (nSPS) is 12.5. The van der Waals surface area contributed by atoms with E-state index in [0.29, 0.717) is 5.56 Å². The first kappa shape index (κ1) is 14.1. The predicted octanol–water partition coefficient (Wildman–Crippen LogP) is 3.90. The van der Waals surface area contributed by atoms with E-state index in [1.165, 1.54) is 16.4 Å². The minimum atomic E-state index is 0.0538. The Morgan fingerprint density at radius 3 is 2.47 bits per heavy atom. The van der Waals surface area contributed by atoms with Gasteiger partial charge in [0.25, 0.3) is 0 Å². The van der Waals surface area contributed by atoms with Crippen LogP contribution in [0.25, 0.3) is 0 Å². The van der Waals surface area contributed by atoms with E-state index in [-0.39, 0.29) is 11.8 Å². The zero-order chi connectivity index (χ0) is 14.2. The largest absolute Gasteiger partial charge is 0.368 e. The van der Waals surface area contributed by atoms with Crippen molar-refractivity contribution in [3.05, 3.63) is 26.8 Å². The molecule has 0 aliphatic heterocycles. The Bertz CT molecular complexity index is 615. The van der Waals surface area contributed by atoms with E-state index in [0.717, 1.165) is 21.4 Å². The van der Waals surface area contributed by atoms with Gasteiger partial charge in [-0.1, -0.05) is 0 Å². The maximum Gasteiger partial charge on any atom is 0.164 e. The van der Waals surface area contributed by atoms with Crippen LogP contribution in [0, 0.1) is 20.8 Å². The zero-order valence-corrected chi connectivity index (χ0v) is 13.3. The van der Waals surface area contributed by atoms with Gasteiger partial charge in [-0.15, -0.1) is 11.3 Å². The van der Waals surface area contributed by atoms with Crippen LogP contribution < -0.4 is 5.32 Å². The molecule has 6 heteroatoms. The Kier molecular flexibility index (Phi) is 4.01. The van der Waals surface area contributed by atoms with Crippen LogP contribution in [-0.4, -0.2) is 15.1 Å². The SMILES string of the molecule is CC(=O)c1c(C)nsc1NC(C)c1sc(C)nc1C. The highest BCUT2D eigenvalue weighted by molar-refractivity contribution is 7.12. The molecule has 1 unspecified atom stereocenters. The maximum absolute atomic E-state index is 11.7. The second kappa shape index (κ2) is 5.38. The molecule has 0 spiro atoms. The van der Waals surface area contributed by atoms with Gasteiger partial charge in [0.2, 0.25) is 0 Å². The molecule has 4 nitrogen and oxygen atoms in total. The lowest BCUT2D eigenvalue weighted by atomic mass is 10.1. The fraction of sp³-hybridized carbons (Fsp3) is 0.462. The Labute approximate surface area is 121 Å². The summed E-state index contributed by atoms with van der Waals surface area (Å²) in [7, 11) is 0. The standard InChI is InChI=1S/C13H17N3OS2/c1-6-11(9(4)17)13(19-16-6)15-8(3)12-7(2)14-10(5)18-12/h8,15H,1-5H3. The number of nitrogens with zero attached hydrogens (tertiary/aromatic N) is 2. The first-order chi connectivity index (χ1) is 8.90. The van der Waals surface area contributed by atoms with E-state index < -0.39 is 0 Å². The molecule has 2 heterocycles. The predicted molar refractivity (Wildman–Crippen MR) is 80.5 cm³/mol. The van der Waals surface area contributed by atoms with Gasteiger partial charge in [0, 0.05) is 4.88 Å². The third-order valence-corrected chi connectivity index (χ3v) is 5.02. The molecule has 1 atom stereocenters. The second-order valence-corrected chi connectivity index (χ2v) is 6.59. The van der Waals surface area contributed by atoms with Crippen molar-refractivity contribution >= 4 is 33.7 Å². The molecule has 0 saturated carbocycles. The molecule has 0 aliphatic rings. The molecule has 0 aromatic carbocycles. The summed E-state index contributed by atoms with van der Waals surface area (Å²) < 4.78 is 4.26. The lowest BCUT2D eigenvalue weighted by molar-refractivity contribution is 0.101. The fourth-order valence-electron chi connectivity index (χ4n) is 2.09. The number of nitrogens with one attached hydrogen (secondary N) is 1. The van der Waals surface area contributed by atoms with E-state index in [1.807, 2.05) is 20.8 Å². The van der Waals surface area contributed by atoms with Gasteiger partial charge in [-0.2, -0.15) is 4.37 Å². The number of ketones is 1. The van der Waals surface area contributed by atoms with E-state index >= 15 is 0 Å². The van der Waals surface area contributed by atoms with Crippen LogP contribution in [0.5, 0.6) is 0 Å². The van der Waals surface area contributed by atoms with Crippen molar-refractivity contribution < 1.29 is 4.79 Å². The van der Waals surface area contributed by atoms with Crippen LogP contribution in [0.2, 0.25) is 0 Å². The third kappa shape index (κ3) is 2.84. The Hall–Kier alpha value is -1.27. The molecule has 0 radical (unpaired) electrons. The number of hydrogen-bond donors (Lipinski definition) is 1. The zero-order valence-electron chi connectivity index (χ0n) is 11.7. The smallest absolute Gasteiger partial charge is 0.164 e. The first-order valence-electron chi connectivity index (χ1n) is 6.07. The van der Waals surface area contributed by atoms with Gasteiger partial charge in [0.05, 0.1) is 28.0 Å². The summed E-state index contributed by atoms with van der Waals surface area (Å²) in [6.07, 6.45) is 0. The average molecular weight is 295 g/mol. The number of aromatic nitrogens is 2. The highest BCUT2D eigenvalue weighted by Gasteiger charge is 2.19. The number of hydrogen-bond acceptors (Lipinski definition) is 6. The Balaban J connectivity index is 2.27. The van der Waals surface area contributed by atoms with Gasteiger partial charge in [-0.05, 0) is 46.2 Å². The number of carbonyl (C=O) groups excluding carboxylic acids is 1. The number of Topliss-reactive ketones (excluding diaryl/α,β-unsaturated/α-hetero) is 1. The maximum atomic E-state index is 11.7. The van der Waals surface area contributed by atoms with Crippen molar-refractivity contribution in [2.45, 2.75) is 40.7 Å². The molecule has 2 aromatic rings. The quantitative estimate of drug-likeness (QED) is 0.869. The first-order valence-corrected chi connectivity index (χ1v) is 7.66. The monoisotopic (exact) mass is 295 g/mol. The highest BCUT2D eigenvalue weighted by atomic mass is 32.1. The van der Waals surface area contributed by atoms with Crippen molar-refractivity contribution in [3.8, 4) is 0 Å². The summed E-state index contributed by atoms with van der Waals surface area (Å²) in [5.74, 6) is 0.0538. The lowest BCUT2D eigenvalue weighted by Gasteiger charge is -2.13. The van der Waals surface area contributed by atoms with Crippen LogP contribution >= 0.6 is 22.9 Å². The summed E-state index contributed by atoms with van der Waals surface area (Å²) in [4.78, 5) is 17.3. The van der Waals surface area contributed by atoms with Crippen molar-refractivity contribution in [1.29, 1.82) is 0 Å². The molecule has 102 valence electrons. The van der Waals surface area contributed by atoms with Crippen molar-refractivity contribution in [1.82, 2.24) is 9.36 Å². The fourth-order valence-corrected chi connectivity index (χ4v) is 3.96.